The molecule has 0 fully saturated rings. The van der Waals surface area contributed by atoms with E-state index in [2.05, 4.69) is 62.8 Å². The smallest absolute Gasteiger partial charge is 0.253 e. The van der Waals surface area contributed by atoms with Crippen molar-refractivity contribution < 1.29 is 50.3 Å². The van der Waals surface area contributed by atoms with Gasteiger partial charge in [-0.25, -0.2) is 40.6 Å². The summed E-state index contributed by atoms with van der Waals surface area (Å²) < 4.78 is 87.0. The topological polar surface area (TPSA) is 228 Å². The molecule has 17 heteroatoms. The fourth-order valence-corrected chi connectivity index (χ4v) is 7.00. The summed E-state index contributed by atoms with van der Waals surface area (Å²) in [6, 6.07) is 31.2. The molecule has 0 unspecified atom stereocenters. The van der Waals surface area contributed by atoms with Crippen LogP contribution in [0.2, 0.25) is 0 Å². The predicted octanol–water partition coefficient (Wildman–Crippen LogP) is 0.184. The fourth-order valence-electron chi connectivity index (χ4n) is 4.43. The third kappa shape index (κ3) is 9.58. The van der Waals surface area contributed by atoms with E-state index in [1.165, 1.54) is 12.1 Å². The first-order chi connectivity index (χ1) is 21.7. The number of aromatic nitrogens is 3. The average Bonchev–Trinajstić information content (AvgIpc) is 3.48. The lowest BCUT2D eigenvalue weighted by Crippen LogP contribution is -2.68. The molecule has 3 N–H and O–H groups in total. The van der Waals surface area contributed by atoms with E-state index in [1.807, 2.05) is 36.4 Å². The molecule has 0 atom stereocenters. The Morgan fingerprint density at radius 2 is 1.37 bits per heavy atom. The molecule has 0 saturated heterocycles. The van der Waals surface area contributed by atoms with Crippen LogP contribution in [0, 0.1) is 10.2 Å². The number of sulfonamides is 2. The van der Waals surface area contributed by atoms with Crippen molar-refractivity contribution in [1.29, 1.82) is 0 Å². The van der Waals surface area contributed by atoms with Gasteiger partial charge in [0.25, 0.3) is 20.0 Å². The highest BCUT2D eigenvalue weighted by atomic mass is 35.7. The van der Waals surface area contributed by atoms with Crippen molar-refractivity contribution in [3.63, 3.8) is 0 Å². The zero-order chi connectivity index (χ0) is 33.5. The molecule has 0 bridgehead atoms. The number of halogens is 1. The number of nitrogens with one attached hydrogen (secondary N) is 1. The molecule has 0 spiro atoms. The van der Waals surface area contributed by atoms with Gasteiger partial charge < -0.3 is 0 Å². The van der Waals surface area contributed by atoms with Crippen LogP contribution in [0.5, 0.6) is 0 Å². The van der Waals surface area contributed by atoms with Crippen LogP contribution in [0.25, 0.3) is 28.1 Å². The summed E-state index contributed by atoms with van der Waals surface area (Å²) in [7, 11) is -13.1. The number of hydrogen-bond donors (Lipinski definition) is 2. The van der Waals surface area contributed by atoms with Crippen LogP contribution in [0.4, 0.5) is 5.13 Å². The first-order valence-electron chi connectivity index (χ1n) is 13.5. The Balaban J connectivity index is 0.000000892. The van der Waals surface area contributed by atoms with Gasteiger partial charge in [-0.1, -0.05) is 73.2 Å². The molecule has 5 rings (SSSR count). The summed E-state index contributed by atoms with van der Waals surface area (Å²) in [6.45, 7) is 2.15. The lowest BCUT2D eigenvalue weighted by Gasteiger charge is -2.17. The second kappa shape index (κ2) is 14.7. The van der Waals surface area contributed by atoms with Crippen molar-refractivity contribution in [3.05, 3.63) is 103 Å². The highest BCUT2D eigenvalue weighted by Gasteiger charge is 2.25. The first kappa shape index (κ1) is 35.0. The predicted molar refractivity (Wildman–Crippen MR) is 160 cm³/mol. The Morgan fingerprint density at radius 1 is 0.804 bits per heavy atom. The van der Waals surface area contributed by atoms with Crippen LogP contribution < -0.4 is 33.1 Å². The minimum Gasteiger partial charge on any atom is -0.253 e. The molecular formula is C29H28ClN5O8S3. The highest BCUT2D eigenvalue weighted by Crippen LogP contribution is 2.28. The van der Waals surface area contributed by atoms with Gasteiger partial charge in [0.1, 0.15) is 0 Å². The molecule has 0 saturated carbocycles. The normalized spacial score (nSPS) is 11.9. The number of hydrogen-bond acceptors (Lipinski definition) is 11. The van der Waals surface area contributed by atoms with Gasteiger partial charge in [0.2, 0.25) is 20.9 Å². The molecule has 2 heterocycles. The molecule has 13 nitrogen and oxygen atoms in total. The van der Waals surface area contributed by atoms with Gasteiger partial charge in [0.05, 0.1) is 4.90 Å². The second-order valence-electron chi connectivity index (χ2n) is 9.69. The molecule has 46 heavy (non-hydrogen) atoms. The van der Waals surface area contributed by atoms with Crippen LogP contribution in [0.1, 0.15) is 25.5 Å². The SMILES string of the molecule is CCCCc1cc(-c2ccccc2)cc(-c2ccccc2)[n+]1-c1ccc(S(=O)(=O)Nc2nnc(S(N)(=O)=O)s2)cc1.[O-][Cl+3]([O-])([O-])[O-]. The Hall–Kier alpha value is -3.84. The molecule has 242 valence electrons. The van der Waals surface area contributed by atoms with Gasteiger partial charge in [-0.15, -0.1) is 20.4 Å². The number of rotatable bonds is 10. The van der Waals surface area contributed by atoms with Gasteiger partial charge in [-0.05, 0) is 41.8 Å². The summed E-state index contributed by atoms with van der Waals surface area (Å²) in [5, 5.41) is 11.9. The van der Waals surface area contributed by atoms with Crippen LogP contribution in [0.3, 0.4) is 0 Å². The Bertz CT molecular complexity index is 1980. The Kier molecular flexibility index (Phi) is 11.2. The Labute approximate surface area is 272 Å². The van der Waals surface area contributed by atoms with Crippen molar-refractivity contribution in [2.45, 2.75) is 35.4 Å². The summed E-state index contributed by atoms with van der Waals surface area (Å²) >= 11 is 0.540. The molecule has 0 aliphatic rings. The van der Waals surface area contributed by atoms with E-state index in [0.717, 1.165) is 53.0 Å². The molecule has 5 aromatic rings. The van der Waals surface area contributed by atoms with E-state index >= 15 is 0 Å². The second-order valence-corrected chi connectivity index (χ2v) is 14.8. The summed E-state index contributed by atoms with van der Waals surface area (Å²) in [6.07, 6.45) is 2.85. The zero-order valence-electron chi connectivity index (χ0n) is 24.1. The third-order valence-electron chi connectivity index (χ3n) is 6.38. The number of nitrogens with zero attached hydrogens (tertiary/aromatic N) is 3. The van der Waals surface area contributed by atoms with Gasteiger partial charge in [0.15, 0.2) is 5.69 Å². The molecule has 0 aliphatic heterocycles. The van der Waals surface area contributed by atoms with E-state index in [1.54, 1.807) is 12.1 Å². The van der Waals surface area contributed by atoms with E-state index in [4.69, 9.17) is 23.8 Å². The lowest BCUT2D eigenvalue weighted by atomic mass is 9.99. The largest absolute Gasteiger partial charge is 0.267 e. The lowest BCUT2D eigenvalue weighted by molar-refractivity contribution is -2.00. The highest BCUT2D eigenvalue weighted by molar-refractivity contribution is 7.93. The number of anilines is 1. The molecule has 0 aliphatic carbocycles. The molecule has 2 aromatic heterocycles. The maximum atomic E-state index is 13.0. The van der Waals surface area contributed by atoms with E-state index in [0.29, 0.717) is 11.3 Å². The van der Waals surface area contributed by atoms with Gasteiger partial charge in [-0.2, -0.15) is 4.57 Å². The fraction of sp³-hybridized carbons (Fsp3) is 0.138. The van der Waals surface area contributed by atoms with E-state index in [9.17, 15) is 16.8 Å². The zero-order valence-corrected chi connectivity index (χ0v) is 27.4. The minimum atomic E-state index is -4.94. The maximum absolute atomic E-state index is 13.0. The van der Waals surface area contributed by atoms with Crippen molar-refractivity contribution >= 4 is 36.5 Å². The van der Waals surface area contributed by atoms with Gasteiger partial charge in [-0.3, -0.25) is 4.72 Å². The number of nitrogens with two attached hydrogens (primary N) is 1. The number of pyridine rings is 1. The third-order valence-corrected chi connectivity index (χ3v) is 10.0. The minimum absolute atomic E-state index is 0.00789. The van der Waals surface area contributed by atoms with Crippen molar-refractivity contribution in [3.8, 4) is 28.1 Å². The van der Waals surface area contributed by atoms with Gasteiger partial charge >= 0.3 is 0 Å². The van der Waals surface area contributed by atoms with Gasteiger partial charge in [0, 0.05) is 36.2 Å². The standard InChI is InChI=1S/C29H28N5O4S3.ClHO4/c1-2-3-14-25-19-23(21-10-6-4-7-11-21)20-27(22-12-8-5-9-13-22)34(25)24-15-17-26(18-16-24)41(37,38)33-28-31-32-29(39-28)40(30,35)36;2-1(3,4)5/h4-13,15-20H,2-3,14H2,1H3,(H,31,33)(H2,30,35,36);(H,2,3,4,5)/q+1;/p-1. The maximum Gasteiger partial charge on any atom is 0.267 e. The monoisotopic (exact) mass is 705 g/mol. The van der Waals surface area contributed by atoms with Crippen LogP contribution in [-0.4, -0.2) is 27.0 Å². The van der Waals surface area contributed by atoms with Crippen LogP contribution in [0.15, 0.2) is 106 Å². The number of primary sulfonamides is 1. The molecule has 3 aromatic carbocycles. The summed E-state index contributed by atoms with van der Waals surface area (Å²) in [5.41, 5.74) is 6.14. The average molecular weight is 706 g/mol. The van der Waals surface area contributed by atoms with E-state index in [-0.39, 0.29) is 10.0 Å². The van der Waals surface area contributed by atoms with Crippen LogP contribution >= 0.6 is 11.3 Å². The molecule has 0 radical (unpaired) electrons. The first-order valence-corrected chi connectivity index (χ1v) is 18.5. The van der Waals surface area contributed by atoms with E-state index < -0.39 is 34.6 Å². The number of unbranched alkanes of at least 4 members (excludes halogenated alkanes) is 1. The van der Waals surface area contributed by atoms with Crippen molar-refractivity contribution in [2.24, 2.45) is 5.14 Å². The molecule has 0 amide bonds. The van der Waals surface area contributed by atoms with Crippen LogP contribution in [-0.2, 0) is 26.5 Å². The summed E-state index contributed by atoms with van der Waals surface area (Å²) in [4.78, 5) is -0.00789. The number of benzene rings is 3. The molecular weight excluding hydrogens is 678 g/mol. The summed E-state index contributed by atoms with van der Waals surface area (Å²) in [5.74, 6) is 0. The quantitative estimate of drug-likeness (QED) is 0.187. The van der Waals surface area contributed by atoms with Crippen molar-refractivity contribution in [2.75, 3.05) is 4.72 Å². The number of aryl methyl sites for hydroxylation is 1. The Morgan fingerprint density at radius 3 is 1.89 bits per heavy atom. The van der Waals surface area contributed by atoms with Crippen molar-refractivity contribution in [1.82, 2.24) is 10.2 Å².